The summed E-state index contributed by atoms with van der Waals surface area (Å²) < 4.78 is 2.43. The number of rotatable bonds is 1. The standard InChI is InChI=1S/C24H16INP/c25-26-20-12-6-4-10-17(20)18-14-15-22-23(24(18)26)19-11-5-7-13-21(19)27(22)16-8-2-1-3-9-16/h1-15,20H/q+1. The second-order valence-corrected chi connectivity index (χ2v) is 10.2. The first-order valence-electron chi connectivity index (χ1n) is 9.13. The van der Waals surface area contributed by atoms with Crippen LogP contribution in [0.4, 0.5) is 0 Å². The van der Waals surface area contributed by atoms with Gasteiger partial charge in [0.05, 0.1) is 10.6 Å². The minimum absolute atomic E-state index is 0.341. The third-order valence-electron chi connectivity index (χ3n) is 5.59. The number of hydrogen-bond acceptors (Lipinski definition) is 0. The number of halogens is 1. The molecule has 2 atom stereocenters. The van der Waals surface area contributed by atoms with Gasteiger partial charge in [0.15, 0.2) is 0 Å². The van der Waals surface area contributed by atoms with Gasteiger partial charge in [0.2, 0.25) is 11.4 Å². The van der Waals surface area contributed by atoms with E-state index in [9.17, 15) is 0 Å². The second kappa shape index (κ2) is 5.92. The van der Waals surface area contributed by atoms with Crippen molar-refractivity contribution in [1.82, 2.24) is 2.79 Å². The summed E-state index contributed by atoms with van der Waals surface area (Å²) in [5.74, 6) is 0. The van der Waals surface area contributed by atoms with E-state index in [-0.39, 0.29) is 0 Å². The number of hydrogen-bond donors (Lipinski definition) is 0. The van der Waals surface area contributed by atoms with Crippen LogP contribution in [0, 0.1) is 0 Å². The summed E-state index contributed by atoms with van der Waals surface area (Å²) in [6.07, 6.45) is 8.89. The molecule has 2 heterocycles. The van der Waals surface area contributed by atoms with E-state index in [2.05, 4.69) is 117 Å². The molecule has 4 aromatic rings. The van der Waals surface area contributed by atoms with Crippen LogP contribution in [-0.2, 0) is 0 Å². The fraction of sp³-hybridized carbons (Fsp3) is 0.0417. The second-order valence-electron chi connectivity index (χ2n) is 7.00. The van der Waals surface area contributed by atoms with Crippen molar-refractivity contribution in [2.45, 2.75) is 6.04 Å². The largest absolute Gasteiger partial charge is 0.348 e. The minimum Gasteiger partial charge on any atom is -0.157 e. The molecule has 27 heavy (non-hydrogen) atoms. The third kappa shape index (κ3) is 2.14. The average Bonchev–Trinajstić information content (AvgIpc) is 3.22. The fourth-order valence-electron chi connectivity index (χ4n) is 4.47. The number of benzene rings is 3. The van der Waals surface area contributed by atoms with Gasteiger partial charge in [0, 0.05) is 21.2 Å². The predicted octanol–water partition coefficient (Wildman–Crippen LogP) is 5.47. The van der Waals surface area contributed by atoms with Crippen molar-refractivity contribution in [2.24, 2.45) is 0 Å². The summed E-state index contributed by atoms with van der Waals surface area (Å²) >= 11 is 2.51. The molecule has 1 aliphatic carbocycles. The SMILES string of the molecule is I[N+]1=c2c(ccc3c2c2ccccc2p3-c2ccccc2)=C2C=CC=CC21. The lowest BCUT2D eigenvalue weighted by atomic mass is 10.0. The summed E-state index contributed by atoms with van der Waals surface area (Å²) in [4.78, 5) is 0. The zero-order valence-electron chi connectivity index (χ0n) is 14.5. The monoisotopic (exact) mass is 476 g/mol. The lowest BCUT2D eigenvalue weighted by Crippen LogP contribution is -2.30. The average molecular weight is 476 g/mol. The van der Waals surface area contributed by atoms with Crippen molar-refractivity contribution >= 4 is 57.0 Å². The van der Waals surface area contributed by atoms with Crippen LogP contribution in [-0.4, -0.2) is 6.04 Å². The Morgan fingerprint density at radius 3 is 2.52 bits per heavy atom. The number of nitrogens with zero attached hydrogens (tertiary/aromatic N) is 1. The van der Waals surface area contributed by atoms with Crippen LogP contribution in [0.5, 0.6) is 0 Å². The van der Waals surface area contributed by atoms with E-state index in [1.165, 1.54) is 42.5 Å². The molecule has 2 unspecified atom stereocenters. The van der Waals surface area contributed by atoms with Crippen molar-refractivity contribution in [3.05, 3.63) is 102 Å². The van der Waals surface area contributed by atoms with Crippen LogP contribution in [0.1, 0.15) is 0 Å². The molecular formula is C24H16INP+. The molecule has 0 saturated carbocycles. The van der Waals surface area contributed by atoms with Crippen LogP contribution in [0.25, 0.3) is 31.9 Å². The van der Waals surface area contributed by atoms with Gasteiger partial charge in [-0.1, -0.05) is 80.4 Å². The fourth-order valence-corrected chi connectivity index (χ4v) is 8.08. The van der Waals surface area contributed by atoms with E-state index < -0.39 is 7.53 Å². The van der Waals surface area contributed by atoms with Crippen LogP contribution in [0.15, 0.2) is 91.0 Å². The van der Waals surface area contributed by atoms with E-state index in [0.29, 0.717) is 6.04 Å². The molecule has 0 radical (unpaired) electrons. The van der Waals surface area contributed by atoms with Crippen LogP contribution >= 0.6 is 30.4 Å². The van der Waals surface area contributed by atoms with E-state index in [1.807, 2.05) is 0 Å². The number of fused-ring (bicyclic) bond motifs is 6. The molecule has 128 valence electrons. The van der Waals surface area contributed by atoms with Crippen molar-refractivity contribution in [3.63, 3.8) is 0 Å². The molecule has 0 fully saturated rings. The van der Waals surface area contributed by atoms with Gasteiger partial charge >= 0.3 is 22.9 Å². The summed E-state index contributed by atoms with van der Waals surface area (Å²) in [6.45, 7) is 0. The van der Waals surface area contributed by atoms with E-state index >= 15 is 0 Å². The van der Waals surface area contributed by atoms with Crippen molar-refractivity contribution < 1.29 is 0 Å². The Bertz CT molecular complexity index is 1420. The molecule has 0 amide bonds. The van der Waals surface area contributed by atoms with Crippen LogP contribution < -0.4 is 13.4 Å². The highest BCUT2D eigenvalue weighted by molar-refractivity contribution is 14.1. The predicted molar refractivity (Wildman–Crippen MR) is 125 cm³/mol. The normalized spacial score (nSPS) is 18.4. The molecule has 0 spiro atoms. The van der Waals surface area contributed by atoms with Gasteiger partial charge in [0.1, 0.15) is 0 Å². The zero-order valence-corrected chi connectivity index (χ0v) is 17.6. The van der Waals surface area contributed by atoms with Gasteiger partial charge in [0.25, 0.3) is 0 Å². The highest BCUT2D eigenvalue weighted by atomic mass is 127. The van der Waals surface area contributed by atoms with Gasteiger partial charge in [-0.25, -0.2) is 0 Å². The Labute approximate surface area is 172 Å². The molecule has 0 N–H and O–H groups in total. The van der Waals surface area contributed by atoms with Crippen LogP contribution in [0.2, 0.25) is 0 Å². The first kappa shape index (κ1) is 15.9. The molecule has 1 aliphatic heterocycles. The van der Waals surface area contributed by atoms with Crippen molar-refractivity contribution in [3.8, 4) is 5.30 Å². The minimum atomic E-state index is -0.494. The zero-order chi connectivity index (χ0) is 18.0. The highest BCUT2D eigenvalue weighted by Crippen LogP contribution is 2.53. The van der Waals surface area contributed by atoms with Gasteiger partial charge in [-0.3, -0.25) is 0 Å². The molecular weight excluding hydrogens is 460 g/mol. The van der Waals surface area contributed by atoms with Gasteiger partial charge in [-0.05, 0) is 23.5 Å². The van der Waals surface area contributed by atoms with E-state index in [4.69, 9.17) is 0 Å². The summed E-state index contributed by atoms with van der Waals surface area (Å²) in [5.41, 5.74) is 1.41. The lowest BCUT2D eigenvalue weighted by molar-refractivity contribution is 0.887. The van der Waals surface area contributed by atoms with Gasteiger partial charge in [-0.2, -0.15) is 2.79 Å². The maximum atomic E-state index is 2.51. The highest BCUT2D eigenvalue weighted by Gasteiger charge is 2.32. The van der Waals surface area contributed by atoms with Crippen LogP contribution in [0.3, 0.4) is 0 Å². The third-order valence-corrected chi connectivity index (χ3v) is 9.22. The van der Waals surface area contributed by atoms with E-state index in [0.717, 1.165) is 0 Å². The molecule has 6 rings (SSSR count). The van der Waals surface area contributed by atoms with Gasteiger partial charge in [-0.15, -0.1) is 0 Å². The molecule has 3 heteroatoms. The molecule has 0 saturated heterocycles. The molecule has 1 aromatic heterocycles. The molecule has 3 aromatic carbocycles. The Hall–Kier alpha value is -2.16. The maximum absolute atomic E-state index is 2.51. The quantitative estimate of drug-likeness (QED) is 0.253. The Kier molecular flexibility index (Phi) is 3.48. The molecule has 1 nitrogen and oxygen atoms in total. The summed E-state index contributed by atoms with van der Waals surface area (Å²) in [7, 11) is -0.494. The Morgan fingerprint density at radius 1 is 0.815 bits per heavy atom. The van der Waals surface area contributed by atoms with Crippen molar-refractivity contribution in [2.75, 3.05) is 0 Å². The van der Waals surface area contributed by atoms with Crippen molar-refractivity contribution in [1.29, 1.82) is 0 Å². The topological polar surface area (TPSA) is 3.01 Å². The Balaban J connectivity index is 1.89. The smallest absolute Gasteiger partial charge is 0.157 e. The first-order chi connectivity index (χ1) is 13.3. The molecule has 2 aliphatic rings. The lowest BCUT2D eigenvalue weighted by Gasteiger charge is -2.05. The summed E-state index contributed by atoms with van der Waals surface area (Å²) in [6, 6.07) is 25.1. The van der Waals surface area contributed by atoms with E-state index in [1.54, 1.807) is 0 Å². The Morgan fingerprint density at radius 2 is 1.63 bits per heavy atom. The molecule has 0 bridgehead atoms. The summed E-state index contributed by atoms with van der Waals surface area (Å²) in [5, 5.41) is 10.0. The maximum Gasteiger partial charge on any atom is 0.348 e. The first-order valence-corrected chi connectivity index (χ1v) is 11.4. The van der Waals surface area contributed by atoms with Gasteiger partial charge < -0.3 is 0 Å². The number of allylic oxidation sites excluding steroid dienone is 2.